The van der Waals surface area contributed by atoms with E-state index < -0.39 is 65.2 Å². The van der Waals surface area contributed by atoms with Gasteiger partial charge in [-0.15, -0.1) is 0 Å². The van der Waals surface area contributed by atoms with E-state index in [4.69, 9.17) is 0 Å². The quantitative estimate of drug-likeness (QED) is 0.199. The molecule has 1 unspecified atom stereocenters. The number of rotatable bonds is 13. The van der Waals surface area contributed by atoms with Crippen LogP contribution in [0.3, 0.4) is 0 Å². The van der Waals surface area contributed by atoms with Gasteiger partial charge in [-0.3, -0.25) is 0 Å². The third-order valence-corrected chi connectivity index (χ3v) is 6.15. The van der Waals surface area contributed by atoms with E-state index in [0.29, 0.717) is 32.4 Å². The van der Waals surface area contributed by atoms with Gasteiger partial charge in [0.1, 0.15) is 0 Å². The fourth-order valence-corrected chi connectivity index (χ4v) is 3.46. The Labute approximate surface area is 215 Å². The summed E-state index contributed by atoms with van der Waals surface area (Å²) in [6.07, 6.45) is -9.06. The van der Waals surface area contributed by atoms with Crippen molar-refractivity contribution < 1.29 is 79.4 Å². The first-order valence-corrected chi connectivity index (χ1v) is 10.9. The van der Waals surface area contributed by atoms with Crippen LogP contribution >= 0.6 is 0 Å². The van der Waals surface area contributed by atoms with Crippen LogP contribution in [0.15, 0.2) is 24.3 Å². The summed E-state index contributed by atoms with van der Waals surface area (Å²) < 4.78 is 235. The van der Waals surface area contributed by atoms with Crippen molar-refractivity contribution in [3.05, 3.63) is 35.4 Å². The summed E-state index contributed by atoms with van der Waals surface area (Å²) >= 11 is 0. The molecule has 1 aromatic carbocycles. The van der Waals surface area contributed by atoms with E-state index in [-0.39, 0.29) is 6.42 Å². The van der Waals surface area contributed by atoms with Crippen LogP contribution in [0.5, 0.6) is 0 Å². The van der Waals surface area contributed by atoms with E-state index in [0.717, 1.165) is 12.1 Å². The van der Waals surface area contributed by atoms with Gasteiger partial charge in [0.05, 0.1) is 12.0 Å². The van der Waals surface area contributed by atoms with Gasteiger partial charge >= 0.3 is 47.6 Å². The van der Waals surface area contributed by atoms with E-state index in [1.807, 2.05) is 0 Å². The standard InChI is InChI=1S/C22H21F17O/c1-4-5-7-12-8-6-9-13(10-12)14(2,40-3)11-15(23,24)16(25,26)17(27,28)18(29,30)19(31,32)20(33,34)21(35,36)22(37,38)39/h6,8-10H,4-5,7,11H2,1-3H3. The van der Waals surface area contributed by atoms with Crippen molar-refractivity contribution >= 4 is 0 Å². The maximum Gasteiger partial charge on any atom is 0.460 e. The predicted molar refractivity (Wildman–Crippen MR) is 105 cm³/mol. The van der Waals surface area contributed by atoms with E-state index in [1.165, 1.54) is 12.1 Å². The summed E-state index contributed by atoms with van der Waals surface area (Å²) in [5, 5.41) is 0. The van der Waals surface area contributed by atoms with Crippen molar-refractivity contribution in [2.45, 2.75) is 92.8 Å². The Balaban J connectivity index is 3.63. The fourth-order valence-electron chi connectivity index (χ4n) is 3.46. The van der Waals surface area contributed by atoms with Gasteiger partial charge in [-0.05, 0) is 30.9 Å². The van der Waals surface area contributed by atoms with Crippen LogP contribution in [-0.4, -0.2) is 54.7 Å². The van der Waals surface area contributed by atoms with Crippen molar-refractivity contribution in [1.29, 1.82) is 0 Å². The van der Waals surface area contributed by atoms with E-state index >= 15 is 0 Å². The van der Waals surface area contributed by atoms with Gasteiger partial charge in [0.2, 0.25) is 0 Å². The number of unbranched alkanes of at least 4 members (excludes halogenated alkanes) is 1. The first-order chi connectivity index (χ1) is 17.6. The number of ether oxygens (including phenoxy) is 1. The van der Waals surface area contributed by atoms with Gasteiger partial charge in [-0.25, -0.2) is 0 Å². The van der Waals surface area contributed by atoms with Crippen LogP contribution in [0.1, 0.15) is 44.2 Å². The van der Waals surface area contributed by atoms with E-state index in [9.17, 15) is 74.6 Å². The molecule has 40 heavy (non-hydrogen) atoms. The minimum absolute atomic E-state index is 0.285. The summed E-state index contributed by atoms with van der Waals surface area (Å²) in [4.78, 5) is 0. The highest BCUT2D eigenvalue weighted by atomic mass is 19.4. The number of hydrogen-bond acceptors (Lipinski definition) is 1. The van der Waals surface area contributed by atoms with Crippen LogP contribution in [0.4, 0.5) is 74.6 Å². The predicted octanol–water partition coefficient (Wildman–Crippen LogP) is 9.29. The molecule has 0 aromatic heterocycles. The second-order valence-corrected chi connectivity index (χ2v) is 9.06. The number of benzene rings is 1. The monoisotopic (exact) mass is 624 g/mol. The molecule has 0 N–H and O–H groups in total. The zero-order chi connectivity index (χ0) is 32.0. The summed E-state index contributed by atoms with van der Waals surface area (Å²) in [5.74, 6) is -56.6. The highest BCUT2D eigenvalue weighted by Gasteiger charge is 2.95. The lowest BCUT2D eigenvalue weighted by Gasteiger charge is -2.44. The topological polar surface area (TPSA) is 9.23 Å². The summed E-state index contributed by atoms with van der Waals surface area (Å²) in [6.45, 7) is 2.32. The Morgan fingerprint density at radius 2 is 1.05 bits per heavy atom. The van der Waals surface area contributed by atoms with Crippen molar-refractivity contribution in [3.63, 3.8) is 0 Å². The van der Waals surface area contributed by atoms with Gasteiger partial charge in [0.25, 0.3) is 0 Å². The summed E-state index contributed by atoms with van der Waals surface area (Å²) in [7, 11) is 0.577. The molecule has 1 nitrogen and oxygen atoms in total. The van der Waals surface area contributed by atoms with Crippen LogP contribution in [0.25, 0.3) is 0 Å². The number of aryl methyl sites for hydroxylation is 1. The molecule has 0 saturated heterocycles. The lowest BCUT2D eigenvalue weighted by atomic mass is 9.82. The number of halogens is 17. The highest BCUT2D eigenvalue weighted by Crippen LogP contribution is 2.64. The molecule has 234 valence electrons. The van der Waals surface area contributed by atoms with Gasteiger partial charge in [0.15, 0.2) is 0 Å². The number of alkyl halides is 17. The van der Waals surface area contributed by atoms with Crippen LogP contribution in [0, 0.1) is 0 Å². The minimum Gasteiger partial charge on any atom is -0.374 e. The molecule has 0 amide bonds. The van der Waals surface area contributed by atoms with E-state index in [1.54, 1.807) is 6.92 Å². The lowest BCUT2D eigenvalue weighted by molar-refractivity contribution is -0.462. The molecule has 18 heteroatoms. The van der Waals surface area contributed by atoms with Crippen LogP contribution in [0.2, 0.25) is 0 Å². The molecular formula is C22H21F17O. The number of hydrogen-bond donors (Lipinski definition) is 0. The Bertz CT molecular complexity index is 1010. The van der Waals surface area contributed by atoms with Gasteiger partial charge in [-0.2, -0.15) is 74.6 Å². The maximum absolute atomic E-state index is 14.6. The first-order valence-electron chi connectivity index (χ1n) is 10.9. The second-order valence-electron chi connectivity index (χ2n) is 9.06. The highest BCUT2D eigenvalue weighted by molar-refractivity contribution is 5.29. The number of methoxy groups -OCH3 is 1. The molecule has 0 fully saturated rings. The fraction of sp³-hybridized carbons (Fsp3) is 0.727. The molecule has 0 saturated carbocycles. The van der Waals surface area contributed by atoms with E-state index in [2.05, 4.69) is 4.74 Å². The zero-order valence-electron chi connectivity index (χ0n) is 20.5. The lowest BCUT2D eigenvalue weighted by Crippen LogP contribution is -2.74. The second kappa shape index (κ2) is 10.7. The Kier molecular flexibility index (Phi) is 9.61. The summed E-state index contributed by atoms with van der Waals surface area (Å²) in [5.41, 5.74) is -2.83. The minimum atomic E-state index is -8.65. The average molecular weight is 624 g/mol. The van der Waals surface area contributed by atoms with Crippen molar-refractivity contribution in [2.75, 3.05) is 7.11 Å². The van der Waals surface area contributed by atoms with Crippen molar-refractivity contribution in [1.82, 2.24) is 0 Å². The maximum atomic E-state index is 14.6. The average Bonchev–Trinajstić information content (AvgIpc) is 2.81. The molecule has 0 aliphatic heterocycles. The summed E-state index contributed by atoms with van der Waals surface area (Å²) in [6, 6.07) is 4.64. The molecule has 0 aliphatic rings. The Morgan fingerprint density at radius 3 is 1.45 bits per heavy atom. The van der Waals surface area contributed by atoms with Gasteiger partial charge in [0, 0.05) is 7.11 Å². The molecule has 1 aromatic rings. The molecule has 0 heterocycles. The zero-order valence-corrected chi connectivity index (χ0v) is 20.5. The Morgan fingerprint density at radius 1 is 0.625 bits per heavy atom. The molecule has 1 atom stereocenters. The Hall–Kier alpha value is -2.01. The third kappa shape index (κ3) is 5.44. The van der Waals surface area contributed by atoms with Gasteiger partial charge in [-0.1, -0.05) is 37.6 Å². The molecule has 0 bridgehead atoms. The molecule has 1 rings (SSSR count). The van der Waals surface area contributed by atoms with Gasteiger partial charge < -0.3 is 4.74 Å². The molecule has 0 spiro atoms. The van der Waals surface area contributed by atoms with Crippen LogP contribution in [-0.2, 0) is 16.8 Å². The SMILES string of the molecule is CCCCc1cccc(C(C)(CC(F)(F)C(F)(F)C(F)(F)C(F)(F)C(F)(F)C(F)(F)C(F)(F)C(F)(F)F)OC)c1. The van der Waals surface area contributed by atoms with Crippen LogP contribution < -0.4 is 0 Å². The first kappa shape index (κ1) is 36.0. The molecule has 0 aliphatic carbocycles. The van der Waals surface area contributed by atoms with Crippen molar-refractivity contribution in [2.24, 2.45) is 0 Å². The van der Waals surface area contributed by atoms with Crippen molar-refractivity contribution in [3.8, 4) is 0 Å². The molecule has 0 radical (unpaired) electrons. The normalized spacial score (nSPS) is 16.7. The smallest absolute Gasteiger partial charge is 0.374 e. The third-order valence-electron chi connectivity index (χ3n) is 6.15. The molecular weight excluding hydrogens is 603 g/mol. The largest absolute Gasteiger partial charge is 0.460 e.